The summed E-state index contributed by atoms with van der Waals surface area (Å²) < 4.78 is 0. The Morgan fingerprint density at radius 2 is 2.17 bits per heavy atom. The molecule has 0 aliphatic heterocycles. The van der Waals surface area contributed by atoms with Gasteiger partial charge in [0.25, 0.3) is 0 Å². The van der Waals surface area contributed by atoms with Crippen molar-refractivity contribution in [1.29, 1.82) is 0 Å². The lowest BCUT2D eigenvalue weighted by atomic mass is 10.0. The third-order valence-corrected chi connectivity index (χ3v) is 2.80. The van der Waals surface area contributed by atoms with Crippen LogP contribution >= 0.6 is 0 Å². The molecule has 0 unspecified atom stereocenters. The molecule has 0 aromatic heterocycles. The van der Waals surface area contributed by atoms with Crippen LogP contribution in [0.2, 0.25) is 0 Å². The molecule has 1 nitrogen and oxygen atoms in total. The molecule has 64 valence electrons. The predicted octanol–water partition coefficient (Wildman–Crippen LogP) is 2.32. The number of fused-ring (bicyclic) bond motifs is 1. The predicted molar refractivity (Wildman–Crippen MR) is 52.3 cm³/mol. The molecule has 1 heteroatoms. The van der Waals surface area contributed by atoms with Crippen LogP contribution in [0.15, 0.2) is 12.1 Å². The lowest BCUT2D eigenvalue weighted by Crippen LogP contribution is -1.98. The van der Waals surface area contributed by atoms with E-state index in [1.165, 1.54) is 36.0 Å². The van der Waals surface area contributed by atoms with Gasteiger partial charge in [0.2, 0.25) is 0 Å². The van der Waals surface area contributed by atoms with Gasteiger partial charge in [-0.25, -0.2) is 0 Å². The number of anilines is 1. The molecular formula is C11H15N. The molecule has 0 saturated heterocycles. The maximum Gasteiger partial charge on any atom is 0.0381 e. The maximum absolute atomic E-state index is 6.05. The molecule has 2 rings (SSSR count). The highest BCUT2D eigenvalue weighted by Crippen LogP contribution is 2.29. The summed E-state index contributed by atoms with van der Waals surface area (Å²) in [5.74, 6) is 0. The third kappa shape index (κ3) is 1.01. The Morgan fingerprint density at radius 3 is 2.92 bits per heavy atom. The highest BCUT2D eigenvalue weighted by molar-refractivity contribution is 5.58. The van der Waals surface area contributed by atoms with Crippen molar-refractivity contribution in [3.63, 3.8) is 0 Å². The highest BCUT2D eigenvalue weighted by atomic mass is 14.6. The zero-order valence-corrected chi connectivity index (χ0v) is 7.56. The topological polar surface area (TPSA) is 26.0 Å². The summed E-state index contributed by atoms with van der Waals surface area (Å²) >= 11 is 0. The van der Waals surface area contributed by atoms with Gasteiger partial charge >= 0.3 is 0 Å². The van der Waals surface area contributed by atoms with Crippen LogP contribution in [0, 0.1) is 0 Å². The Hall–Kier alpha value is -0.980. The summed E-state index contributed by atoms with van der Waals surface area (Å²) in [5.41, 5.74) is 11.3. The molecule has 0 amide bonds. The highest BCUT2D eigenvalue weighted by Gasteiger charge is 2.14. The molecular weight excluding hydrogens is 146 g/mol. The summed E-state index contributed by atoms with van der Waals surface area (Å²) in [7, 11) is 0. The fraction of sp³-hybridized carbons (Fsp3) is 0.455. The van der Waals surface area contributed by atoms with Crippen LogP contribution in [0.4, 0.5) is 5.69 Å². The van der Waals surface area contributed by atoms with Crippen molar-refractivity contribution in [2.75, 3.05) is 5.73 Å². The second kappa shape index (κ2) is 2.81. The number of nitrogens with two attached hydrogens (primary N) is 1. The fourth-order valence-corrected chi connectivity index (χ4v) is 2.05. The number of nitrogen functional groups attached to an aromatic ring is 1. The molecule has 0 bridgehead atoms. The lowest BCUT2D eigenvalue weighted by Gasteiger charge is -2.08. The van der Waals surface area contributed by atoms with Gasteiger partial charge in [-0.2, -0.15) is 0 Å². The van der Waals surface area contributed by atoms with E-state index in [1.807, 2.05) is 0 Å². The van der Waals surface area contributed by atoms with E-state index in [2.05, 4.69) is 19.1 Å². The molecule has 2 N–H and O–H groups in total. The molecule has 0 saturated carbocycles. The quantitative estimate of drug-likeness (QED) is 0.628. The largest absolute Gasteiger partial charge is 0.398 e. The number of hydrogen-bond acceptors (Lipinski definition) is 1. The molecule has 0 atom stereocenters. The molecule has 12 heavy (non-hydrogen) atoms. The van der Waals surface area contributed by atoms with Gasteiger partial charge in [0.05, 0.1) is 0 Å². The summed E-state index contributed by atoms with van der Waals surface area (Å²) in [4.78, 5) is 0. The Kier molecular flexibility index (Phi) is 1.80. The first-order valence-corrected chi connectivity index (χ1v) is 4.72. The SMILES string of the molecule is CCc1ccc2c(c1N)CCC2. The van der Waals surface area contributed by atoms with E-state index >= 15 is 0 Å². The minimum atomic E-state index is 1.05. The van der Waals surface area contributed by atoms with Gasteiger partial charge in [-0.1, -0.05) is 19.1 Å². The van der Waals surface area contributed by atoms with Gasteiger partial charge in [-0.3, -0.25) is 0 Å². The third-order valence-electron chi connectivity index (χ3n) is 2.80. The first kappa shape index (κ1) is 7.66. The van der Waals surface area contributed by atoms with Crippen LogP contribution in [0.1, 0.15) is 30.0 Å². The van der Waals surface area contributed by atoms with Gasteiger partial charge in [0, 0.05) is 5.69 Å². The van der Waals surface area contributed by atoms with Crippen molar-refractivity contribution in [3.05, 3.63) is 28.8 Å². The minimum absolute atomic E-state index is 1.05. The Balaban J connectivity index is 2.54. The number of benzene rings is 1. The second-order valence-electron chi connectivity index (χ2n) is 3.48. The first-order valence-electron chi connectivity index (χ1n) is 4.72. The molecule has 1 aliphatic carbocycles. The van der Waals surface area contributed by atoms with Crippen LogP contribution in [0.25, 0.3) is 0 Å². The average Bonchev–Trinajstić information content (AvgIpc) is 2.53. The van der Waals surface area contributed by atoms with Crippen molar-refractivity contribution >= 4 is 5.69 Å². The van der Waals surface area contributed by atoms with Crippen LogP contribution < -0.4 is 5.73 Å². The summed E-state index contributed by atoms with van der Waals surface area (Å²) in [6, 6.07) is 4.43. The zero-order valence-electron chi connectivity index (χ0n) is 7.56. The minimum Gasteiger partial charge on any atom is -0.398 e. The van der Waals surface area contributed by atoms with Gasteiger partial charge in [0.1, 0.15) is 0 Å². The van der Waals surface area contributed by atoms with Crippen molar-refractivity contribution in [1.82, 2.24) is 0 Å². The molecule has 0 radical (unpaired) electrons. The molecule has 0 heterocycles. The van der Waals surface area contributed by atoms with E-state index in [0.717, 1.165) is 12.1 Å². The van der Waals surface area contributed by atoms with E-state index in [0.29, 0.717) is 0 Å². The lowest BCUT2D eigenvalue weighted by molar-refractivity contribution is 0.912. The molecule has 1 aromatic rings. The van der Waals surface area contributed by atoms with Gasteiger partial charge < -0.3 is 5.73 Å². The van der Waals surface area contributed by atoms with E-state index in [1.54, 1.807) is 0 Å². The number of hydrogen-bond donors (Lipinski definition) is 1. The Morgan fingerprint density at radius 1 is 1.33 bits per heavy atom. The zero-order chi connectivity index (χ0) is 8.55. The molecule has 1 aromatic carbocycles. The van der Waals surface area contributed by atoms with Crippen LogP contribution in [-0.4, -0.2) is 0 Å². The van der Waals surface area contributed by atoms with E-state index < -0.39 is 0 Å². The smallest absolute Gasteiger partial charge is 0.0381 e. The van der Waals surface area contributed by atoms with Gasteiger partial charge in [-0.05, 0) is 42.4 Å². The molecule has 0 fully saturated rings. The van der Waals surface area contributed by atoms with Crippen molar-refractivity contribution in [2.45, 2.75) is 32.6 Å². The normalized spacial score (nSPS) is 14.8. The summed E-state index contributed by atoms with van der Waals surface area (Å²) in [6.45, 7) is 2.16. The second-order valence-corrected chi connectivity index (χ2v) is 3.48. The monoisotopic (exact) mass is 161 g/mol. The average molecular weight is 161 g/mol. The van der Waals surface area contributed by atoms with E-state index in [9.17, 15) is 0 Å². The molecule has 1 aliphatic rings. The van der Waals surface area contributed by atoms with E-state index in [4.69, 9.17) is 5.73 Å². The van der Waals surface area contributed by atoms with E-state index in [-0.39, 0.29) is 0 Å². The number of aryl methyl sites for hydroxylation is 2. The van der Waals surface area contributed by atoms with Crippen molar-refractivity contribution < 1.29 is 0 Å². The maximum atomic E-state index is 6.05. The van der Waals surface area contributed by atoms with Gasteiger partial charge in [-0.15, -0.1) is 0 Å². The Labute approximate surface area is 73.6 Å². The summed E-state index contributed by atoms with van der Waals surface area (Å²) in [5, 5.41) is 0. The van der Waals surface area contributed by atoms with Crippen molar-refractivity contribution in [3.8, 4) is 0 Å². The molecule has 0 spiro atoms. The van der Waals surface area contributed by atoms with Crippen LogP contribution in [0.3, 0.4) is 0 Å². The standard InChI is InChI=1S/C11H15N/c1-2-8-6-7-9-4-3-5-10(9)11(8)12/h6-7H,2-5,12H2,1H3. The first-order chi connectivity index (χ1) is 5.83. The Bertz CT molecular complexity index is 302. The fourth-order valence-electron chi connectivity index (χ4n) is 2.05. The van der Waals surface area contributed by atoms with Crippen LogP contribution in [0.5, 0.6) is 0 Å². The summed E-state index contributed by atoms with van der Waals surface area (Å²) in [6.07, 6.45) is 4.75. The van der Waals surface area contributed by atoms with Crippen molar-refractivity contribution in [2.24, 2.45) is 0 Å². The number of rotatable bonds is 1. The van der Waals surface area contributed by atoms with Crippen LogP contribution in [-0.2, 0) is 19.3 Å². The van der Waals surface area contributed by atoms with Gasteiger partial charge in [0.15, 0.2) is 0 Å².